The predicted molar refractivity (Wildman–Crippen MR) is 98.9 cm³/mol. The first-order valence-electron chi connectivity index (χ1n) is 8.66. The highest BCUT2D eigenvalue weighted by atomic mass is 16.5. The molecule has 1 aromatic carbocycles. The molecule has 5 N–H and O–H groups in total. The Kier molecular flexibility index (Phi) is 4.81. The number of carbonyl (C=O) groups is 1. The minimum Gasteiger partial charge on any atom is -0.402 e. The molecule has 3 rings (SSSR count). The molecule has 1 fully saturated rings. The number of benzene rings is 1. The number of hydrogen-bond acceptors (Lipinski definition) is 4. The Bertz CT molecular complexity index is 720. The van der Waals surface area contributed by atoms with Crippen LogP contribution in [0.2, 0.25) is 0 Å². The molecular formula is C19H26N4O2. The number of ether oxygens (including phenoxy) is 1. The Morgan fingerprint density at radius 2 is 2.12 bits per heavy atom. The Labute approximate surface area is 148 Å². The van der Waals surface area contributed by atoms with E-state index in [1.54, 1.807) is 0 Å². The monoisotopic (exact) mass is 342 g/mol. The van der Waals surface area contributed by atoms with Crippen molar-refractivity contribution in [3.63, 3.8) is 0 Å². The molecule has 1 saturated heterocycles. The van der Waals surface area contributed by atoms with Crippen LogP contribution < -0.4 is 16.4 Å². The van der Waals surface area contributed by atoms with E-state index < -0.39 is 0 Å². The summed E-state index contributed by atoms with van der Waals surface area (Å²) in [5, 5.41) is 14.2. The topological polar surface area (TPSA) is 100 Å². The minimum atomic E-state index is -0.255. The van der Waals surface area contributed by atoms with Gasteiger partial charge in [0.05, 0.1) is 25.0 Å². The van der Waals surface area contributed by atoms with Crippen LogP contribution in [0.5, 0.6) is 0 Å². The summed E-state index contributed by atoms with van der Waals surface area (Å²) in [6, 6.07) is 7.18. The van der Waals surface area contributed by atoms with Gasteiger partial charge in [-0.3, -0.25) is 5.41 Å². The molecule has 1 aliphatic carbocycles. The van der Waals surface area contributed by atoms with E-state index in [1.807, 2.05) is 24.3 Å². The number of nitrogens with one attached hydrogen (secondary N) is 3. The smallest absolute Gasteiger partial charge is 0.319 e. The minimum absolute atomic E-state index is 0.0806. The van der Waals surface area contributed by atoms with Crippen molar-refractivity contribution < 1.29 is 9.53 Å². The van der Waals surface area contributed by atoms with Crippen molar-refractivity contribution in [2.75, 3.05) is 18.5 Å². The fourth-order valence-corrected chi connectivity index (χ4v) is 3.22. The van der Waals surface area contributed by atoms with Crippen LogP contribution in [0, 0.1) is 10.8 Å². The van der Waals surface area contributed by atoms with Gasteiger partial charge in [-0.05, 0) is 42.4 Å². The number of allylic oxidation sites excluding steroid dienone is 2. The first kappa shape index (κ1) is 17.5. The summed E-state index contributed by atoms with van der Waals surface area (Å²) < 4.78 is 5.04. The molecule has 0 saturated carbocycles. The van der Waals surface area contributed by atoms with Crippen LogP contribution in [-0.2, 0) is 4.74 Å². The van der Waals surface area contributed by atoms with E-state index in [4.69, 9.17) is 15.9 Å². The molecule has 0 atom stereocenters. The van der Waals surface area contributed by atoms with E-state index in [1.165, 1.54) is 0 Å². The maximum absolute atomic E-state index is 12.0. The Morgan fingerprint density at radius 1 is 1.36 bits per heavy atom. The molecule has 6 heteroatoms. The van der Waals surface area contributed by atoms with Gasteiger partial charge in [-0.15, -0.1) is 0 Å². The molecule has 6 nitrogen and oxygen atoms in total. The first-order valence-corrected chi connectivity index (χ1v) is 8.66. The van der Waals surface area contributed by atoms with Crippen molar-refractivity contribution >= 4 is 17.4 Å². The molecule has 0 aromatic heterocycles. The Morgan fingerprint density at radius 3 is 2.76 bits per heavy atom. The molecular weight excluding hydrogens is 316 g/mol. The summed E-state index contributed by atoms with van der Waals surface area (Å²) in [6.45, 7) is 5.52. The molecule has 1 aliphatic heterocycles. The molecule has 2 aliphatic rings. The van der Waals surface area contributed by atoms with Gasteiger partial charge >= 0.3 is 6.03 Å². The summed E-state index contributed by atoms with van der Waals surface area (Å²) in [4.78, 5) is 12.0. The highest BCUT2D eigenvalue weighted by Crippen LogP contribution is 2.37. The maximum Gasteiger partial charge on any atom is 0.319 e. The average molecular weight is 342 g/mol. The SMILES string of the molecule is CC1(C)CCC(C(=N)c2cccc(NC(=O)NC3COC3)c2)=C(N)C1. The molecule has 0 radical (unpaired) electrons. The second-order valence-corrected chi connectivity index (χ2v) is 7.63. The fraction of sp³-hybridized carbons (Fsp3) is 0.474. The number of anilines is 1. The molecule has 1 aromatic rings. The molecule has 25 heavy (non-hydrogen) atoms. The number of urea groups is 1. The summed E-state index contributed by atoms with van der Waals surface area (Å²) in [6.07, 6.45) is 2.65. The van der Waals surface area contributed by atoms with Crippen LogP contribution in [-0.4, -0.2) is 31.0 Å². The third-order valence-electron chi connectivity index (χ3n) is 4.79. The van der Waals surface area contributed by atoms with E-state index in [0.29, 0.717) is 24.6 Å². The second kappa shape index (κ2) is 6.88. The zero-order valence-corrected chi connectivity index (χ0v) is 14.8. The lowest BCUT2D eigenvalue weighted by Crippen LogP contribution is -2.49. The fourth-order valence-electron chi connectivity index (χ4n) is 3.22. The highest BCUT2D eigenvalue weighted by Gasteiger charge is 2.27. The van der Waals surface area contributed by atoms with Gasteiger partial charge in [0.15, 0.2) is 0 Å². The molecule has 0 spiro atoms. The van der Waals surface area contributed by atoms with Gasteiger partial charge in [0.25, 0.3) is 0 Å². The van der Waals surface area contributed by atoms with Crippen LogP contribution in [0.1, 0.15) is 38.7 Å². The van der Waals surface area contributed by atoms with Crippen LogP contribution in [0.4, 0.5) is 10.5 Å². The van der Waals surface area contributed by atoms with Crippen molar-refractivity contribution in [1.29, 1.82) is 5.41 Å². The number of nitrogens with two attached hydrogens (primary N) is 1. The largest absolute Gasteiger partial charge is 0.402 e. The summed E-state index contributed by atoms with van der Waals surface area (Å²) in [5.41, 5.74) is 10.0. The van der Waals surface area contributed by atoms with Gasteiger partial charge < -0.3 is 21.1 Å². The van der Waals surface area contributed by atoms with Crippen molar-refractivity contribution in [2.24, 2.45) is 11.1 Å². The van der Waals surface area contributed by atoms with E-state index >= 15 is 0 Å². The Balaban J connectivity index is 1.70. The van der Waals surface area contributed by atoms with Gasteiger partial charge in [-0.25, -0.2) is 4.79 Å². The van der Waals surface area contributed by atoms with Crippen molar-refractivity contribution in [3.8, 4) is 0 Å². The zero-order chi connectivity index (χ0) is 18.0. The molecule has 1 heterocycles. The van der Waals surface area contributed by atoms with Crippen molar-refractivity contribution in [3.05, 3.63) is 41.1 Å². The average Bonchev–Trinajstić information content (AvgIpc) is 2.50. The van der Waals surface area contributed by atoms with Crippen LogP contribution in [0.25, 0.3) is 0 Å². The van der Waals surface area contributed by atoms with E-state index in [2.05, 4.69) is 24.5 Å². The maximum atomic E-state index is 12.0. The van der Waals surface area contributed by atoms with Gasteiger partial charge in [0.2, 0.25) is 0 Å². The van der Waals surface area contributed by atoms with Gasteiger partial charge in [0.1, 0.15) is 0 Å². The van der Waals surface area contributed by atoms with E-state index in [9.17, 15) is 4.79 Å². The van der Waals surface area contributed by atoms with Crippen LogP contribution in [0.3, 0.4) is 0 Å². The molecule has 0 bridgehead atoms. The van der Waals surface area contributed by atoms with Crippen molar-refractivity contribution in [1.82, 2.24) is 5.32 Å². The summed E-state index contributed by atoms with van der Waals surface area (Å²) in [7, 11) is 0. The van der Waals surface area contributed by atoms with Gasteiger partial charge in [-0.2, -0.15) is 0 Å². The van der Waals surface area contributed by atoms with Crippen LogP contribution in [0.15, 0.2) is 35.5 Å². The molecule has 134 valence electrons. The van der Waals surface area contributed by atoms with E-state index in [0.717, 1.165) is 36.1 Å². The molecule has 2 amide bonds. The highest BCUT2D eigenvalue weighted by molar-refractivity contribution is 6.11. The van der Waals surface area contributed by atoms with Gasteiger partial charge in [0, 0.05) is 16.9 Å². The zero-order valence-electron chi connectivity index (χ0n) is 14.8. The first-order chi connectivity index (χ1) is 11.8. The number of hydrogen-bond donors (Lipinski definition) is 4. The lowest BCUT2D eigenvalue weighted by atomic mass is 9.75. The lowest BCUT2D eigenvalue weighted by molar-refractivity contribution is 0.000735. The third kappa shape index (κ3) is 4.20. The third-order valence-corrected chi connectivity index (χ3v) is 4.79. The standard InChI is InChI=1S/C19H26N4O2/c1-19(2)7-6-15(16(20)9-19)17(21)12-4-3-5-13(8-12)22-18(24)23-14-10-25-11-14/h3-5,8,14,21H,6-7,9-11,20H2,1-2H3,(H2,22,23,24). The normalized spacial score (nSPS) is 19.9. The van der Waals surface area contributed by atoms with Gasteiger partial charge in [-0.1, -0.05) is 26.0 Å². The Hall–Kier alpha value is -2.34. The van der Waals surface area contributed by atoms with Crippen LogP contribution >= 0.6 is 0 Å². The van der Waals surface area contributed by atoms with E-state index in [-0.39, 0.29) is 17.5 Å². The summed E-state index contributed by atoms with van der Waals surface area (Å²) >= 11 is 0. The van der Waals surface area contributed by atoms with Crippen molar-refractivity contribution in [2.45, 2.75) is 39.2 Å². The number of carbonyl (C=O) groups excluding carboxylic acids is 1. The predicted octanol–water partition coefficient (Wildman–Crippen LogP) is 3.00. The molecule has 0 unspecified atom stereocenters. The second-order valence-electron chi connectivity index (χ2n) is 7.63. The lowest BCUT2D eigenvalue weighted by Gasteiger charge is -2.31. The number of amides is 2. The quantitative estimate of drug-likeness (QED) is 0.633. The number of rotatable bonds is 4. The summed E-state index contributed by atoms with van der Waals surface area (Å²) in [5.74, 6) is 0.